The number of hydrogen-bond donors (Lipinski definition) is 0. The first-order chi connectivity index (χ1) is 14.3. The van der Waals surface area contributed by atoms with E-state index in [0.717, 1.165) is 6.42 Å². The van der Waals surface area contributed by atoms with Gasteiger partial charge in [-0.1, -0.05) is 68.7 Å². The van der Waals surface area contributed by atoms with Crippen LogP contribution in [-0.4, -0.2) is 0 Å². The first-order valence-electron chi connectivity index (χ1n) is 10.7. The van der Waals surface area contributed by atoms with Gasteiger partial charge in [0, 0.05) is 10.4 Å². The predicted molar refractivity (Wildman–Crippen MR) is 129 cm³/mol. The fourth-order valence-corrected chi connectivity index (χ4v) is 6.28. The monoisotopic (exact) mass is 414 g/mol. The Morgan fingerprint density at radius 3 is 2.45 bits per heavy atom. The number of benzene rings is 2. The fraction of sp³-hybridized carbons (Fsp3) is 0.259. The van der Waals surface area contributed by atoms with Crippen molar-refractivity contribution in [3.05, 3.63) is 82.0 Å². The average Bonchev–Trinajstić information content (AvgIpc) is 3.49. The summed E-state index contributed by atoms with van der Waals surface area (Å²) in [6.45, 7) is 2.28. The van der Waals surface area contributed by atoms with Crippen LogP contribution >= 0.6 is 22.7 Å². The zero-order valence-electron chi connectivity index (χ0n) is 16.9. The number of hydrogen-bond acceptors (Lipinski definition) is 2. The lowest BCUT2D eigenvalue weighted by molar-refractivity contribution is 0.667. The zero-order valence-corrected chi connectivity index (χ0v) is 18.5. The molecular weight excluding hydrogens is 388 g/mol. The van der Waals surface area contributed by atoms with Crippen LogP contribution in [0.4, 0.5) is 0 Å². The molecule has 0 fully saturated rings. The molecule has 0 nitrogen and oxygen atoms in total. The van der Waals surface area contributed by atoms with E-state index in [-0.39, 0.29) is 0 Å². The molecule has 2 heteroatoms. The summed E-state index contributed by atoms with van der Waals surface area (Å²) in [7, 11) is 0. The lowest BCUT2D eigenvalue weighted by Gasteiger charge is -2.07. The summed E-state index contributed by atoms with van der Waals surface area (Å²) in [5.41, 5.74) is 10.1. The van der Waals surface area contributed by atoms with E-state index in [1.165, 1.54) is 80.8 Å². The number of rotatable bonds is 7. The zero-order chi connectivity index (χ0) is 19.6. The van der Waals surface area contributed by atoms with Gasteiger partial charge in [0.05, 0.1) is 4.88 Å². The van der Waals surface area contributed by atoms with Crippen molar-refractivity contribution >= 4 is 22.7 Å². The van der Waals surface area contributed by atoms with E-state index in [0.29, 0.717) is 0 Å². The molecule has 2 heterocycles. The Balaban J connectivity index is 1.40. The minimum absolute atomic E-state index is 1.07. The molecule has 1 aliphatic carbocycles. The van der Waals surface area contributed by atoms with Gasteiger partial charge in [0.2, 0.25) is 0 Å². The van der Waals surface area contributed by atoms with Gasteiger partial charge in [0.15, 0.2) is 0 Å². The summed E-state index contributed by atoms with van der Waals surface area (Å²) in [6.07, 6.45) is 7.61. The van der Waals surface area contributed by atoms with Crippen LogP contribution < -0.4 is 0 Å². The van der Waals surface area contributed by atoms with Gasteiger partial charge in [-0.15, -0.1) is 22.7 Å². The third-order valence-corrected chi connectivity index (χ3v) is 7.95. The van der Waals surface area contributed by atoms with Crippen LogP contribution in [0.1, 0.15) is 49.3 Å². The van der Waals surface area contributed by atoms with E-state index in [9.17, 15) is 0 Å². The van der Waals surface area contributed by atoms with Crippen molar-refractivity contribution in [1.29, 1.82) is 0 Å². The molecule has 4 aromatic rings. The summed E-state index contributed by atoms with van der Waals surface area (Å²) in [4.78, 5) is 2.76. The Kier molecular flexibility index (Phi) is 5.39. The van der Waals surface area contributed by atoms with Crippen molar-refractivity contribution in [2.24, 2.45) is 0 Å². The van der Waals surface area contributed by atoms with Gasteiger partial charge in [-0.2, -0.15) is 0 Å². The minimum Gasteiger partial charge on any atom is -0.143 e. The molecule has 29 heavy (non-hydrogen) atoms. The van der Waals surface area contributed by atoms with Crippen molar-refractivity contribution in [1.82, 2.24) is 0 Å². The second-order valence-electron chi connectivity index (χ2n) is 7.99. The van der Waals surface area contributed by atoms with Gasteiger partial charge in [-0.3, -0.25) is 0 Å². The number of aryl methyl sites for hydroxylation is 1. The molecule has 0 saturated heterocycles. The van der Waals surface area contributed by atoms with Crippen molar-refractivity contribution < 1.29 is 0 Å². The second-order valence-corrected chi connectivity index (χ2v) is 9.86. The summed E-state index contributed by atoms with van der Waals surface area (Å²) < 4.78 is 0. The summed E-state index contributed by atoms with van der Waals surface area (Å²) >= 11 is 3.67. The Morgan fingerprint density at radius 1 is 0.759 bits per heavy atom. The normalized spacial score (nSPS) is 12.2. The highest BCUT2D eigenvalue weighted by Crippen LogP contribution is 2.43. The van der Waals surface area contributed by atoms with Crippen molar-refractivity contribution in [2.75, 3.05) is 0 Å². The highest BCUT2D eigenvalue weighted by molar-refractivity contribution is 7.20. The molecule has 2 aromatic heterocycles. The molecule has 0 amide bonds. The Bertz CT molecular complexity index is 1120. The number of unbranched alkanes of at least 4 members (excludes halogenated alkanes) is 3. The average molecular weight is 415 g/mol. The maximum absolute atomic E-state index is 2.46. The van der Waals surface area contributed by atoms with E-state index >= 15 is 0 Å². The van der Waals surface area contributed by atoms with Crippen molar-refractivity contribution in [3.8, 4) is 32.0 Å². The van der Waals surface area contributed by atoms with Gasteiger partial charge >= 0.3 is 0 Å². The molecule has 2 aromatic carbocycles. The van der Waals surface area contributed by atoms with Crippen LogP contribution in [0.5, 0.6) is 0 Å². The maximum Gasteiger partial charge on any atom is 0.0520 e. The Morgan fingerprint density at radius 2 is 1.62 bits per heavy atom. The second kappa shape index (κ2) is 8.30. The van der Waals surface area contributed by atoms with Crippen LogP contribution in [0.25, 0.3) is 32.0 Å². The predicted octanol–water partition coefficient (Wildman–Crippen LogP) is 8.84. The topological polar surface area (TPSA) is 0 Å². The Hall–Kier alpha value is -2.16. The van der Waals surface area contributed by atoms with E-state index in [2.05, 4.69) is 72.3 Å². The maximum atomic E-state index is 2.46. The van der Waals surface area contributed by atoms with Crippen LogP contribution in [-0.2, 0) is 12.8 Å². The first kappa shape index (κ1) is 18.8. The Labute approximate surface area is 181 Å². The van der Waals surface area contributed by atoms with E-state index < -0.39 is 0 Å². The van der Waals surface area contributed by atoms with E-state index in [1.54, 1.807) is 0 Å². The summed E-state index contributed by atoms with van der Waals surface area (Å²) in [6, 6.07) is 20.9. The standard InChI is InChI=1S/C27H26S2/c1-2-3-4-5-7-19-9-11-23-21(16-19)18-22-17-20(10-12-24(22)23)25-13-15-29-27(25)26-8-6-14-28-26/h6,8-17H,2-5,7,18H2,1H3. The van der Waals surface area contributed by atoms with Gasteiger partial charge < -0.3 is 0 Å². The van der Waals surface area contributed by atoms with E-state index in [4.69, 9.17) is 0 Å². The molecule has 5 rings (SSSR count). The van der Waals surface area contributed by atoms with Crippen LogP contribution in [0.3, 0.4) is 0 Å². The molecule has 0 unspecified atom stereocenters. The molecule has 0 atom stereocenters. The molecule has 0 spiro atoms. The van der Waals surface area contributed by atoms with Gasteiger partial charge in [0.25, 0.3) is 0 Å². The largest absolute Gasteiger partial charge is 0.143 e. The van der Waals surface area contributed by atoms with E-state index in [1.807, 2.05) is 22.7 Å². The lowest BCUT2D eigenvalue weighted by atomic mass is 9.98. The SMILES string of the molecule is CCCCCCc1ccc2c(c1)Cc1cc(-c3ccsc3-c3cccs3)ccc1-2. The smallest absolute Gasteiger partial charge is 0.0520 e. The molecule has 0 N–H and O–H groups in total. The minimum atomic E-state index is 1.07. The summed E-state index contributed by atoms with van der Waals surface area (Å²) in [5, 5.41) is 4.38. The lowest BCUT2D eigenvalue weighted by Crippen LogP contribution is -1.89. The van der Waals surface area contributed by atoms with Crippen LogP contribution in [0, 0.1) is 0 Å². The molecule has 0 bridgehead atoms. The third kappa shape index (κ3) is 3.72. The van der Waals surface area contributed by atoms with Gasteiger partial charge in [-0.05, 0) is 75.5 Å². The fourth-order valence-electron chi connectivity index (χ4n) is 4.48. The molecule has 146 valence electrons. The number of fused-ring (bicyclic) bond motifs is 3. The molecule has 0 aliphatic heterocycles. The highest BCUT2D eigenvalue weighted by Gasteiger charge is 2.20. The van der Waals surface area contributed by atoms with Crippen molar-refractivity contribution in [3.63, 3.8) is 0 Å². The van der Waals surface area contributed by atoms with Crippen LogP contribution in [0.2, 0.25) is 0 Å². The third-order valence-electron chi connectivity index (χ3n) is 5.99. The number of thiophene rings is 2. The molecule has 0 saturated carbocycles. The van der Waals surface area contributed by atoms with Crippen LogP contribution in [0.15, 0.2) is 65.4 Å². The molecular formula is C27H26S2. The summed E-state index contributed by atoms with van der Waals surface area (Å²) in [5.74, 6) is 0. The molecule has 1 aliphatic rings. The van der Waals surface area contributed by atoms with Gasteiger partial charge in [-0.25, -0.2) is 0 Å². The quantitative estimate of drug-likeness (QED) is 0.233. The van der Waals surface area contributed by atoms with Gasteiger partial charge in [0.1, 0.15) is 0 Å². The molecule has 0 radical (unpaired) electrons. The highest BCUT2D eigenvalue weighted by atomic mass is 32.1. The van der Waals surface area contributed by atoms with Crippen molar-refractivity contribution in [2.45, 2.75) is 45.4 Å². The first-order valence-corrected chi connectivity index (χ1v) is 12.5.